The summed E-state index contributed by atoms with van der Waals surface area (Å²) in [5.41, 5.74) is 8.96. The van der Waals surface area contributed by atoms with Crippen LogP contribution in [0.15, 0.2) is 24.3 Å². The normalized spacial score (nSPS) is 23.9. The predicted octanol–water partition coefficient (Wildman–Crippen LogP) is 2.24. The van der Waals surface area contributed by atoms with Gasteiger partial charge < -0.3 is 5.73 Å². The molecule has 0 amide bonds. The number of nitrogens with zero attached hydrogens (tertiary/aromatic N) is 2. The van der Waals surface area contributed by atoms with E-state index in [1.165, 1.54) is 17.5 Å². The van der Waals surface area contributed by atoms with Crippen LogP contribution in [0.1, 0.15) is 31.4 Å². The fraction of sp³-hybridized carbons (Fsp3) is 0.647. The minimum Gasteiger partial charge on any atom is -0.329 e. The highest BCUT2D eigenvalue weighted by Gasteiger charge is 2.40. The zero-order valence-corrected chi connectivity index (χ0v) is 13.4. The highest BCUT2D eigenvalue weighted by molar-refractivity contribution is 5.21. The van der Waals surface area contributed by atoms with Gasteiger partial charge in [0, 0.05) is 37.8 Å². The molecule has 2 N–H and O–H groups in total. The molecule has 0 saturated carbocycles. The summed E-state index contributed by atoms with van der Waals surface area (Å²) in [7, 11) is 2.22. The van der Waals surface area contributed by atoms with Gasteiger partial charge in [-0.1, -0.05) is 29.8 Å². The van der Waals surface area contributed by atoms with Crippen LogP contribution in [0.25, 0.3) is 0 Å². The van der Waals surface area contributed by atoms with Gasteiger partial charge in [0.25, 0.3) is 0 Å². The van der Waals surface area contributed by atoms with Crippen LogP contribution in [0.4, 0.5) is 0 Å². The standard InChI is InChI=1S/C17H29N3/c1-14(2)20-10-9-17(12-18,13-20)19(4)11-16-7-5-15(3)6-8-16/h5-8,14H,9-13,18H2,1-4H3. The molecular weight excluding hydrogens is 246 g/mol. The summed E-state index contributed by atoms with van der Waals surface area (Å²) in [6.07, 6.45) is 1.17. The summed E-state index contributed by atoms with van der Waals surface area (Å²) < 4.78 is 0. The molecule has 0 radical (unpaired) electrons. The van der Waals surface area contributed by atoms with Gasteiger partial charge in [0.15, 0.2) is 0 Å². The van der Waals surface area contributed by atoms with Gasteiger partial charge in [0.2, 0.25) is 0 Å². The Bertz CT molecular complexity index is 426. The van der Waals surface area contributed by atoms with Crippen molar-refractivity contribution in [1.29, 1.82) is 0 Å². The van der Waals surface area contributed by atoms with E-state index in [1.807, 2.05) is 0 Å². The summed E-state index contributed by atoms with van der Waals surface area (Å²) in [6, 6.07) is 9.44. The molecule has 2 rings (SSSR count). The number of likely N-dealkylation sites (tertiary alicyclic amines) is 1. The minimum atomic E-state index is 0.134. The maximum absolute atomic E-state index is 6.14. The number of hydrogen-bond acceptors (Lipinski definition) is 3. The van der Waals surface area contributed by atoms with Gasteiger partial charge in [-0.2, -0.15) is 0 Å². The van der Waals surface area contributed by atoms with Gasteiger partial charge >= 0.3 is 0 Å². The van der Waals surface area contributed by atoms with Gasteiger partial charge in [-0.3, -0.25) is 9.80 Å². The topological polar surface area (TPSA) is 32.5 Å². The first-order valence-corrected chi connectivity index (χ1v) is 7.68. The maximum atomic E-state index is 6.14. The first kappa shape index (κ1) is 15.5. The van der Waals surface area contributed by atoms with E-state index in [4.69, 9.17) is 5.73 Å². The van der Waals surface area contributed by atoms with Crippen LogP contribution >= 0.6 is 0 Å². The van der Waals surface area contributed by atoms with Crippen molar-refractivity contribution in [2.75, 3.05) is 26.7 Å². The Morgan fingerprint density at radius 2 is 1.95 bits per heavy atom. The Hall–Kier alpha value is -0.900. The lowest BCUT2D eigenvalue weighted by Crippen LogP contribution is -2.54. The Balaban J connectivity index is 2.06. The molecule has 3 nitrogen and oxygen atoms in total. The Morgan fingerprint density at radius 1 is 1.30 bits per heavy atom. The van der Waals surface area contributed by atoms with Gasteiger partial charge in [-0.15, -0.1) is 0 Å². The fourth-order valence-electron chi connectivity index (χ4n) is 3.10. The van der Waals surface area contributed by atoms with Crippen molar-refractivity contribution in [2.45, 2.75) is 45.3 Å². The third-order valence-corrected chi connectivity index (χ3v) is 4.82. The maximum Gasteiger partial charge on any atom is 0.0471 e. The van der Waals surface area contributed by atoms with Crippen molar-refractivity contribution in [3.8, 4) is 0 Å². The zero-order chi connectivity index (χ0) is 14.8. The second kappa shape index (κ2) is 6.25. The third-order valence-electron chi connectivity index (χ3n) is 4.82. The monoisotopic (exact) mass is 275 g/mol. The summed E-state index contributed by atoms with van der Waals surface area (Å²) in [5, 5.41) is 0. The Morgan fingerprint density at radius 3 is 2.45 bits per heavy atom. The highest BCUT2D eigenvalue weighted by Crippen LogP contribution is 2.28. The van der Waals surface area contributed by atoms with E-state index >= 15 is 0 Å². The van der Waals surface area contributed by atoms with Crippen LogP contribution in [0.2, 0.25) is 0 Å². The van der Waals surface area contributed by atoms with Gasteiger partial charge in [-0.25, -0.2) is 0 Å². The molecule has 1 aromatic rings. The van der Waals surface area contributed by atoms with E-state index in [2.05, 4.69) is 61.9 Å². The number of likely N-dealkylation sites (N-methyl/N-ethyl adjacent to an activating group) is 1. The lowest BCUT2D eigenvalue weighted by molar-refractivity contribution is 0.116. The lowest BCUT2D eigenvalue weighted by atomic mass is 9.96. The van der Waals surface area contributed by atoms with Crippen LogP contribution in [-0.4, -0.2) is 48.1 Å². The number of rotatable bonds is 5. The molecule has 1 heterocycles. The predicted molar refractivity (Wildman–Crippen MR) is 85.8 cm³/mol. The first-order chi connectivity index (χ1) is 9.47. The molecular formula is C17H29N3. The van der Waals surface area contributed by atoms with Crippen molar-refractivity contribution in [3.05, 3.63) is 35.4 Å². The minimum absolute atomic E-state index is 0.134. The molecule has 0 aliphatic carbocycles. The Labute approximate surface area is 123 Å². The molecule has 1 atom stereocenters. The smallest absolute Gasteiger partial charge is 0.0471 e. The van der Waals surface area contributed by atoms with Crippen LogP contribution in [0, 0.1) is 6.92 Å². The summed E-state index contributed by atoms with van der Waals surface area (Å²) >= 11 is 0. The molecule has 112 valence electrons. The first-order valence-electron chi connectivity index (χ1n) is 7.68. The van der Waals surface area contributed by atoms with Gasteiger partial charge in [0.05, 0.1) is 0 Å². The average molecular weight is 275 g/mol. The van der Waals surface area contributed by atoms with Crippen molar-refractivity contribution in [3.63, 3.8) is 0 Å². The Kier molecular flexibility index (Phi) is 4.84. The summed E-state index contributed by atoms with van der Waals surface area (Å²) in [4.78, 5) is 5.00. The van der Waals surface area contributed by atoms with E-state index in [9.17, 15) is 0 Å². The molecule has 1 aliphatic rings. The van der Waals surface area contributed by atoms with E-state index in [0.29, 0.717) is 6.04 Å². The van der Waals surface area contributed by atoms with Crippen LogP contribution in [0.3, 0.4) is 0 Å². The molecule has 1 aliphatic heterocycles. The lowest BCUT2D eigenvalue weighted by Gasteiger charge is -2.38. The molecule has 20 heavy (non-hydrogen) atoms. The molecule has 1 saturated heterocycles. The second-order valence-corrected chi connectivity index (χ2v) is 6.58. The molecule has 0 aromatic heterocycles. The van der Waals surface area contributed by atoms with E-state index < -0.39 is 0 Å². The van der Waals surface area contributed by atoms with Crippen LogP contribution in [0.5, 0.6) is 0 Å². The van der Waals surface area contributed by atoms with E-state index in [0.717, 1.165) is 26.2 Å². The van der Waals surface area contributed by atoms with Gasteiger partial charge in [0.1, 0.15) is 0 Å². The molecule has 1 aromatic carbocycles. The zero-order valence-electron chi connectivity index (χ0n) is 13.4. The largest absolute Gasteiger partial charge is 0.329 e. The SMILES string of the molecule is Cc1ccc(CN(C)C2(CN)CCN(C(C)C)C2)cc1. The third kappa shape index (κ3) is 3.22. The second-order valence-electron chi connectivity index (χ2n) is 6.58. The number of hydrogen-bond donors (Lipinski definition) is 1. The van der Waals surface area contributed by atoms with Crippen molar-refractivity contribution < 1.29 is 0 Å². The number of aryl methyl sites for hydroxylation is 1. The van der Waals surface area contributed by atoms with Crippen LogP contribution < -0.4 is 5.73 Å². The van der Waals surface area contributed by atoms with E-state index in [-0.39, 0.29) is 5.54 Å². The molecule has 0 spiro atoms. The van der Waals surface area contributed by atoms with E-state index in [1.54, 1.807) is 0 Å². The molecule has 1 fully saturated rings. The van der Waals surface area contributed by atoms with Crippen molar-refractivity contribution >= 4 is 0 Å². The quantitative estimate of drug-likeness (QED) is 0.894. The van der Waals surface area contributed by atoms with Crippen molar-refractivity contribution in [2.24, 2.45) is 5.73 Å². The fourth-order valence-corrected chi connectivity index (χ4v) is 3.10. The number of nitrogens with two attached hydrogens (primary N) is 1. The summed E-state index contributed by atoms with van der Waals surface area (Å²) in [6.45, 7) is 10.6. The number of benzene rings is 1. The van der Waals surface area contributed by atoms with Crippen molar-refractivity contribution in [1.82, 2.24) is 9.80 Å². The van der Waals surface area contributed by atoms with Crippen LogP contribution in [-0.2, 0) is 6.54 Å². The highest BCUT2D eigenvalue weighted by atomic mass is 15.3. The molecule has 3 heteroatoms. The molecule has 1 unspecified atom stereocenters. The summed E-state index contributed by atoms with van der Waals surface area (Å²) in [5.74, 6) is 0. The average Bonchev–Trinajstić information content (AvgIpc) is 2.87. The van der Waals surface area contributed by atoms with Gasteiger partial charge in [-0.05, 0) is 39.8 Å². The molecule has 0 bridgehead atoms.